The maximum absolute atomic E-state index is 11.2. The van der Waals surface area contributed by atoms with E-state index in [0.29, 0.717) is 0 Å². The Hall–Kier alpha value is -1.31. The number of aliphatic hydroxyl groups is 1. The summed E-state index contributed by atoms with van der Waals surface area (Å²) in [7, 11) is -3.76. The molecule has 6 nitrogen and oxygen atoms in total. The van der Waals surface area contributed by atoms with Gasteiger partial charge in [-0.25, -0.2) is 13.6 Å². The van der Waals surface area contributed by atoms with Gasteiger partial charge < -0.3 is 16.2 Å². The first kappa shape index (κ1) is 15.7. The van der Waals surface area contributed by atoms with Gasteiger partial charge >= 0.3 is 0 Å². The molecule has 0 radical (unpaired) electrons. The summed E-state index contributed by atoms with van der Waals surface area (Å²) in [6.07, 6.45) is 3.86. The zero-order valence-corrected chi connectivity index (χ0v) is 11.6. The number of hydrogen-bond donors (Lipinski definition) is 4. The van der Waals surface area contributed by atoms with Crippen molar-refractivity contribution in [2.45, 2.75) is 30.6 Å². The van der Waals surface area contributed by atoms with Crippen molar-refractivity contribution >= 4 is 21.4 Å². The van der Waals surface area contributed by atoms with E-state index in [9.17, 15) is 8.42 Å². The minimum absolute atomic E-state index is 0.0546. The first-order valence-corrected chi connectivity index (χ1v) is 7.77. The van der Waals surface area contributed by atoms with Crippen LogP contribution in [0.15, 0.2) is 23.1 Å². The molecule has 108 valence electrons. The van der Waals surface area contributed by atoms with Crippen LogP contribution in [0.4, 0.5) is 11.4 Å². The monoisotopic (exact) mass is 287 g/mol. The van der Waals surface area contributed by atoms with E-state index in [0.717, 1.165) is 37.9 Å². The van der Waals surface area contributed by atoms with Crippen molar-refractivity contribution in [3.05, 3.63) is 18.2 Å². The fourth-order valence-electron chi connectivity index (χ4n) is 1.74. The van der Waals surface area contributed by atoms with E-state index in [1.807, 2.05) is 0 Å². The smallest absolute Gasteiger partial charge is 0.240 e. The molecule has 1 rings (SSSR count). The number of nitrogen functional groups attached to an aromatic ring is 1. The van der Waals surface area contributed by atoms with Gasteiger partial charge in [-0.2, -0.15) is 0 Å². The van der Waals surface area contributed by atoms with Gasteiger partial charge in [0.25, 0.3) is 0 Å². The van der Waals surface area contributed by atoms with Crippen LogP contribution in [0.3, 0.4) is 0 Å². The third-order valence-corrected chi connectivity index (χ3v) is 3.72. The third-order valence-electron chi connectivity index (χ3n) is 2.73. The Balaban J connectivity index is 2.46. The van der Waals surface area contributed by atoms with Crippen LogP contribution in [0.5, 0.6) is 0 Å². The van der Waals surface area contributed by atoms with Crippen molar-refractivity contribution < 1.29 is 13.5 Å². The van der Waals surface area contributed by atoms with Gasteiger partial charge in [-0.3, -0.25) is 0 Å². The molecule has 0 atom stereocenters. The summed E-state index contributed by atoms with van der Waals surface area (Å²) in [4.78, 5) is -0.0546. The van der Waals surface area contributed by atoms with Crippen molar-refractivity contribution in [1.82, 2.24) is 0 Å². The molecule has 19 heavy (non-hydrogen) atoms. The summed E-state index contributed by atoms with van der Waals surface area (Å²) in [5.74, 6) is 0. The van der Waals surface area contributed by atoms with Crippen molar-refractivity contribution in [1.29, 1.82) is 0 Å². The highest BCUT2D eigenvalue weighted by molar-refractivity contribution is 7.89. The van der Waals surface area contributed by atoms with Gasteiger partial charge in [-0.1, -0.05) is 12.8 Å². The molecule has 7 heteroatoms. The normalized spacial score (nSPS) is 11.5. The van der Waals surface area contributed by atoms with E-state index in [-0.39, 0.29) is 17.2 Å². The van der Waals surface area contributed by atoms with Crippen LogP contribution in [-0.4, -0.2) is 26.7 Å². The Labute approximate surface area is 113 Å². The number of benzene rings is 1. The molecule has 0 saturated heterocycles. The number of primary sulfonamides is 1. The van der Waals surface area contributed by atoms with Gasteiger partial charge in [0.15, 0.2) is 0 Å². The lowest BCUT2D eigenvalue weighted by Gasteiger charge is -2.09. The predicted molar refractivity (Wildman–Crippen MR) is 76.3 cm³/mol. The standard InChI is InChI=1S/C12H21N3O3S/c13-11-9-10(5-6-12(11)19(14,17)18)15-7-3-1-2-4-8-16/h5-6,9,15-16H,1-4,7-8,13H2,(H2,14,17,18). The van der Waals surface area contributed by atoms with Gasteiger partial charge in [0.1, 0.15) is 4.90 Å². The average Bonchev–Trinajstić information content (AvgIpc) is 2.32. The lowest BCUT2D eigenvalue weighted by molar-refractivity contribution is 0.283. The van der Waals surface area contributed by atoms with Crippen LogP contribution in [0.2, 0.25) is 0 Å². The molecule has 0 unspecified atom stereocenters. The molecule has 0 aliphatic heterocycles. The highest BCUT2D eigenvalue weighted by Gasteiger charge is 2.11. The number of rotatable bonds is 8. The molecule has 0 saturated carbocycles. The van der Waals surface area contributed by atoms with Crippen molar-refractivity contribution in [3.63, 3.8) is 0 Å². The first-order valence-electron chi connectivity index (χ1n) is 6.22. The van der Waals surface area contributed by atoms with Gasteiger partial charge in [-0.15, -0.1) is 0 Å². The lowest BCUT2D eigenvalue weighted by atomic mass is 10.2. The summed E-state index contributed by atoms with van der Waals surface area (Å²) in [6, 6.07) is 4.61. The van der Waals surface area contributed by atoms with Crippen LogP contribution < -0.4 is 16.2 Å². The molecule has 6 N–H and O–H groups in total. The molecule has 0 bridgehead atoms. The maximum Gasteiger partial charge on any atom is 0.240 e. The predicted octanol–water partition coefficient (Wildman–Crippen LogP) is 0.881. The minimum Gasteiger partial charge on any atom is -0.398 e. The fraction of sp³-hybridized carbons (Fsp3) is 0.500. The van der Waals surface area contributed by atoms with Crippen molar-refractivity contribution in [2.24, 2.45) is 5.14 Å². The van der Waals surface area contributed by atoms with Gasteiger partial charge in [0, 0.05) is 18.8 Å². The van der Waals surface area contributed by atoms with Crippen LogP contribution in [0.1, 0.15) is 25.7 Å². The third kappa shape index (κ3) is 5.46. The number of nitrogens with two attached hydrogens (primary N) is 2. The molecule has 0 fully saturated rings. The second kappa shape index (κ2) is 7.32. The zero-order chi connectivity index (χ0) is 14.3. The molecule has 0 aromatic heterocycles. The Kier molecular flexibility index (Phi) is 6.07. The van der Waals surface area contributed by atoms with E-state index >= 15 is 0 Å². The summed E-state index contributed by atoms with van der Waals surface area (Å²) in [5, 5.41) is 16.8. The Morgan fingerprint density at radius 2 is 1.84 bits per heavy atom. The van der Waals surface area contributed by atoms with Crippen LogP contribution >= 0.6 is 0 Å². The van der Waals surface area contributed by atoms with Crippen molar-refractivity contribution in [3.8, 4) is 0 Å². The van der Waals surface area contributed by atoms with Gasteiger partial charge in [0.05, 0.1) is 5.69 Å². The van der Waals surface area contributed by atoms with Crippen molar-refractivity contribution in [2.75, 3.05) is 24.2 Å². The summed E-state index contributed by atoms with van der Waals surface area (Å²) in [5.41, 5.74) is 6.57. The quantitative estimate of drug-likeness (QED) is 0.418. The molecule has 0 amide bonds. The highest BCUT2D eigenvalue weighted by Crippen LogP contribution is 2.21. The van der Waals surface area contributed by atoms with Gasteiger partial charge in [0.2, 0.25) is 10.0 Å². The largest absolute Gasteiger partial charge is 0.398 e. The lowest BCUT2D eigenvalue weighted by Crippen LogP contribution is -2.14. The number of aliphatic hydroxyl groups excluding tert-OH is 1. The summed E-state index contributed by atoms with van der Waals surface area (Å²) in [6.45, 7) is 1.01. The number of hydrogen-bond acceptors (Lipinski definition) is 5. The maximum atomic E-state index is 11.2. The first-order chi connectivity index (χ1) is 8.95. The second-order valence-electron chi connectivity index (χ2n) is 4.36. The van der Waals surface area contributed by atoms with E-state index in [2.05, 4.69) is 5.32 Å². The SMILES string of the molecule is Nc1cc(NCCCCCCO)ccc1S(N)(=O)=O. The Morgan fingerprint density at radius 1 is 1.16 bits per heavy atom. The molecule has 0 spiro atoms. The van der Waals surface area contributed by atoms with E-state index < -0.39 is 10.0 Å². The Bertz CT molecular complexity index is 503. The molecule has 0 aliphatic carbocycles. The fourth-order valence-corrected chi connectivity index (χ4v) is 2.39. The molecular weight excluding hydrogens is 266 g/mol. The topological polar surface area (TPSA) is 118 Å². The summed E-state index contributed by atoms with van der Waals surface area (Å²) >= 11 is 0. The van der Waals surface area contributed by atoms with Gasteiger partial charge in [-0.05, 0) is 31.0 Å². The van der Waals surface area contributed by atoms with E-state index in [1.54, 1.807) is 12.1 Å². The number of unbranched alkanes of at least 4 members (excludes halogenated alkanes) is 3. The van der Waals surface area contributed by atoms with E-state index in [4.69, 9.17) is 16.0 Å². The highest BCUT2D eigenvalue weighted by atomic mass is 32.2. The molecule has 1 aromatic rings. The Morgan fingerprint density at radius 3 is 2.42 bits per heavy atom. The molecule has 0 heterocycles. The molecule has 1 aromatic carbocycles. The average molecular weight is 287 g/mol. The number of sulfonamides is 1. The van der Waals surface area contributed by atoms with Crippen LogP contribution in [0.25, 0.3) is 0 Å². The minimum atomic E-state index is -3.76. The number of nitrogens with one attached hydrogen (secondary N) is 1. The van der Waals surface area contributed by atoms with Crippen LogP contribution in [-0.2, 0) is 10.0 Å². The van der Waals surface area contributed by atoms with Crippen LogP contribution in [0, 0.1) is 0 Å². The summed E-state index contributed by atoms with van der Waals surface area (Å²) < 4.78 is 22.4. The van der Waals surface area contributed by atoms with E-state index in [1.165, 1.54) is 6.07 Å². The zero-order valence-electron chi connectivity index (χ0n) is 10.8. The number of anilines is 2. The molecule has 0 aliphatic rings. The molecular formula is C12H21N3O3S. The second-order valence-corrected chi connectivity index (χ2v) is 5.89.